The normalized spacial score (nSPS) is 13.0. The summed E-state index contributed by atoms with van der Waals surface area (Å²) < 4.78 is 28.3. The third-order valence-electron chi connectivity index (χ3n) is 2.36. The van der Waals surface area contributed by atoms with Gasteiger partial charge in [-0.3, -0.25) is 0 Å². The van der Waals surface area contributed by atoms with Gasteiger partial charge >= 0.3 is 0 Å². The Bertz CT molecular complexity index is 564. The maximum absolute atomic E-state index is 12.2. The van der Waals surface area contributed by atoms with Gasteiger partial charge in [0.25, 0.3) is 0 Å². The number of hydrogen-bond acceptors (Lipinski definition) is 2. The van der Waals surface area contributed by atoms with E-state index in [0.717, 1.165) is 0 Å². The van der Waals surface area contributed by atoms with Gasteiger partial charge in [0.2, 0.25) is 10.0 Å². The molecule has 3 nitrogen and oxygen atoms in total. The van der Waals surface area contributed by atoms with Crippen LogP contribution < -0.4 is 4.72 Å². The Hall–Kier alpha value is -0.350. The summed E-state index contributed by atoms with van der Waals surface area (Å²) in [6.07, 6.45) is 6.24. The molecule has 0 spiro atoms. The summed E-state index contributed by atoms with van der Waals surface area (Å²) in [7, 11) is -3.57. The summed E-state index contributed by atoms with van der Waals surface area (Å²) >= 11 is 6.49. The van der Waals surface area contributed by atoms with Crippen molar-refractivity contribution in [2.75, 3.05) is 0 Å². The Morgan fingerprint density at radius 2 is 2.11 bits per heavy atom. The first-order valence-corrected chi connectivity index (χ1v) is 8.38. The van der Waals surface area contributed by atoms with Crippen molar-refractivity contribution in [3.05, 3.63) is 27.1 Å². The minimum absolute atomic E-state index is 0.201. The largest absolute Gasteiger partial charge is 0.242 e. The maximum atomic E-state index is 12.2. The van der Waals surface area contributed by atoms with Gasteiger partial charge in [0, 0.05) is 21.4 Å². The van der Waals surface area contributed by atoms with Crippen LogP contribution >= 0.6 is 31.9 Å². The fraction of sp³-hybridized carbons (Fsp3) is 0.333. The highest BCUT2D eigenvalue weighted by atomic mass is 79.9. The van der Waals surface area contributed by atoms with Crippen LogP contribution in [-0.2, 0) is 10.0 Å². The number of rotatable bonds is 5. The lowest BCUT2D eigenvalue weighted by atomic mass is 10.2. The van der Waals surface area contributed by atoms with Crippen LogP contribution in [0.1, 0.15) is 19.8 Å². The molecule has 0 aliphatic carbocycles. The fourth-order valence-corrected chi connectivity index (χ4v) is 4.20. The van der Waals surface area contributed by atoms with Crippen LogP contribution in [0.25, 0.3) is 0 Å². The van der Waals surface area contributed by atoms with Crippen LogP contribution in [0.15, 0.2) is 32.0 Å². The molecule has 1 N–H and O–H groups in total. The molecule has 0 amide bonds. The number of terminal acetylenes is 1. The predicted octanol–water partition coefficient (Wildman–Crippen LogP) is 3.29. The van der Waals surface area contributed by atoms with Gasteiger partial charge in [-0.05, 0) is 40.5 Å². The van der Waals surface area contributed by atoms with E-state index in [2.05, 4.69) is 42.5 Å². The summed E-state index contributed by atoms with van der Waals surface area (Å²) in [5.74, 6) is 2.47. The first kappa shape index (κ1) is 15.7. The lowest BCUT2D eigenvalue weighted by molar-refractivity contribution is 0.543. The second-order valence-electron chi connectivity index (χ2n) is 3.71. The summed E-state index contributed by atoms with van der Waals surface area (Å²) in [4.78, 5) is 0.201. The SMILES string of the molecule is C#CCC(CC)NS(=O)(=O)c1cc(Br)ccc1Br. The average Bonchev–Trinajstić information content (AvgIpc) is 2.31. The van der Waals surface area contributed by atoms with Crippen molar-refractivity contribution in [2.45, 2.75) is 30.7 Å². The van der Waals surface area contributed by atoms with Crippen molar-refractivity contribution in [3.8, 4) is 12.3 Å². The zero-order chi connectivity index (χ0) is 13.8. The average molecular weight is 395 g/mol. The van der Waals surface area contributed by atoms with E-state index in [1.807, 2.05) is 6.92 Å². The molecule has 1 aromatic rings. The van der Waals surface area contributed by atoms with Crippen LogP contribution in [0.2, 0.25) is 0 Å². The molecule has 0 aliphatic rings. The standard InChI is InChI=1S/C12H13Br2NO2S/c1-3-5-10(4-2)15-18(16,17)12-8-9(13)6-7-11(12)14/h1,6-8,10,15H,4-5H2,2H3. The van der Waals surface area contributed by atoms with Gasteiger partial charge < -0.3 is 0 Å². The van der Waals surface area contributed by atoms with E-state index in [-0.39, 0.29) is 10.9 Å². The Morgan fingerprint density at radius 1 is 1.44 bits per heavy atom. The number of halogens is 2. The van der Waals surface area contributed by atoms with E-state index < -0.39 is 10.0 Å². The fourth-order valence-electron chi connectivity index (χ4n) is 1.38. The van der Waals surface area contributed by atoms with Crippen molar-refractivity contribution in [3.63, 3.8) is 0 Å². The molecule has 1 rings (SSSR count). The quantitative estimate of drug-likeness (QED) is 0.778. The third-order valence-corrected chi connectivity index (χ3v) is 5.37. The second kappa shape index (κ2) is 6.71. The zero-order valence-electron chi connectivity index (χ0n) is 9.78. The van der Waals surface area contributed by atoms with Crippen LogP contribution in [0.5, 0.6) is 0 Å². The van der Waals surface area contributed by atoms with E-state index >= 15 is 0 Å². The highest BCUT2D eigenvalue weighted by Gasteiger charge is 2.21. The Labute approximate surface area is 125 Å². The van der Waals surface area contributed by atoms with Crippen LogP contribution in [0.4, 0.5) is 0 Å². The molecule has 0 saturated carbocycles. The summed E-state index contributed by atoms with van der Waals surface area (Å²) in [5, 5.41) is 0. The molecule has 6 heteroatoms. The highest BCUT2D eigenvalue weighted by molar-refractivity contribution is 9.11. The maximum Gasteiger partial charge on any atom is 0.242 e. The summed E-state index contributed by atoms with van der Waals surface area (Å²) in [6, 6.07) is 4.75. The molecule has 0 radical (unpaired) electrons. The zero-order valence-corrected chi connectivity index (χ0v) is 13.8. The van der Waals surface area contributed by atoms with Crippen LogP contribution in [0, 0.1) is 12.3 Å². The Balaban J connectivity index is 3.06. The minimum Gasteiger partial charge on any atom is -0.207 e. The number of nitrogens with one attached hydrogen (secondary N) is 1. The van der Waals surface area contributed by atoms with Crippen molar-refractivity contribution in [1.82, 2.24) is 4.72 Å². The van der Waals surface area contributed by atoms with Gasteiger partial charge in [-0.1, -0.05) is 22.9 Å². The van der Waals surface area contributed by atoms with E-state index in [0.29, 0.717) is 21.8 Å². The minimum atomic E-state index is -3.57. The monoisotopic (exact) mass is 393 g/mol. The van der Waals surface area contributed by atoms with Crippen molar-refractivity contribution in [2.24, 2.45) is 0 Å². The first-order chi connectivity index (χ1) is 8.40. The molecule has 0 saturated heterocycles. The van der Waals surface area contributed by atoms with Gasteiger partial charge in [-0.15, -0.1) is 12.3 Å². The van der Waals surface area contributed by atoms with Crippen molar-refractivity contribution in [1.29, 1.82) is 0 Å². The Kier molecular flexibility index (Phi) is 5.86. The summed E-state index contributed by atoms with van der Waals surface area (Å²) in [5.41, 5.74) is 0. The molecule has 1 unspecified atom stereocenters. The van der Waals surface area contributed by atoms with E-state index in [9.17, 15) is 8.42 Å². The summed E-state index contributed by atoms with van der Waals surface area (Å²) in [6.45, 7) is 1.89. The predicted molar refractivity (Wildman–Crippen MR) is 79.7 cm³/mol. The highest BCUT2D eigenvalue weighted by Crippen LogP contribution is 2.25. The van der Waals surface area contributed by atoms with Gasteiger partial charge in [0.15, 0.2) is 0 Å². The van der Waals surface area contributed by atoms with Crippen LogP contribution in [-0.4, -0.2) is 14.5 Å². The van der Waals surface area contributed by atoms with E-state index in [1.54, 1.807) is 18.2 Å². The van der Waals surface area contributed by atoms with Gasteiger partial charge in [0.05, 0.1) is 4.90 Å². The number of sulfonamides is 1. The van der Waals surface area contributed by atoms with Crippen LogP contribution in [0.3, 0.4) is 0 Å². The molecule has 0 fully saturated rings. The molecule has 1 atom stereocenters. The van der Waals surface area contributed by atoms with Crippen molar-refractivity contribution >= 4 is 41.9 Å². The molecular weight excluding hydrogens is 382 g/mol. The molecule has 0 aliphatic heterocycles. The van der Waals surface area contributed by atoms with E-state index in [1.165, 1.54) is 0 Å². The molecule has 1 aromatic carbocycles. The molecule has 98 valence electrons. The third kappa shape index (κ3) is 4.09. The Morgan fingerprint density at radius 3 is 2.67 bits per heavy atom. The second-order valence-corrected chi connectivity index (χ2v) is 7.16. The smallest absolute Gasteiger partial charge is 0.207 e. The molecular formula is C12H13Br2NO2S. The first-order valence-electron chi connectivity index (χ1n) is 5.31. The van der Waals surface area contributed by atoms with Gasteiger partial charge in [0.1, 0.15) is 0 Å². The molecule has 0 heterocycles. The molecule has 18 heavy (non-hydrogen) atoms. The molecule has 0 bridgehead atoms. The lowest BCUT2D eigenvalue weighted by Crippen LogP contribution is -2.34. The van der Waals surface area contributed by atoms with Gasteiger partial charge in [-0.25, -0.2) is 13.1 Å². The number of hydrogen-bond donors (Lipinski definition) is 1. The van der Waals surface area contributed by atoms with E-state index in [4.69, 9.17) is 6.42 Å². The number of benzene rings is 1. The lowest BCUT2D eigenvalue weighted by Gasteiger charge is -2.15. The van der Waals surface area contributed by atoms with Crippen molar-refractivity contribution < 1.29 is 8.42 Å². The topological polar surface area (TPSA) is 46.2 Å². The van der Waals surface area contributed by atoms with Gasteiger partial charge in [-0.2, -0.15) is 0 Å². The molecule has 0 aromatic heterocycles.